The topological polar surface area (TPSA) is 104 Å². The van der Waals surface area contributed by atoms with Crippen LogP contribution in [-0.2, 0) is 16.4 Å². The van der Waals surface area contributed by atoms with E-state index in [-0.39, 0.29) is 17.2 Å². The molecule has 0 aliphatic heterocycles. The third-order valence-electron chi connectivity index (χ3n) is 4.39. The van der Waals surface area contributed by atoms with Crippen molar-refractivity contribution < 1.29 is 18.0 Å². The van der Waals surface area contributed by atoms with Crippen molar-refractivity contribution in [3.05, 3.63) is 95.6 Å². The van der Waals surface area contributed by atoms with Crippen molar-refractivity contribution in [1.82, 2.24) is 5.32 Å². The average Bonchev–Trinajstić information content (AvgIpc) is 2.74. The first-order valence-corrected chi connectivity index (χ1v) is 11.5. The lowest BCUT2D eigenvalue weighted by Crippen LogP contribution is -2.27. The van der Waals surface area contributed by atoms with Crippen LogP contribution in [0.5, 0.6) is 0 Å². The summed E-state index contributed by atoms with van der Waals surface area (Å²) in [6, 6.07) is 22.6. The highest BCUT2D eigenvalue weighted by molar-refractivity contribution is 7.92. The Morgan fingerprint density at radius 3 is 2.29 bits per heavy atom. The lowest BCUT2D eigenvalue weighted by atomic mass is 10.1. The van der Waals surface area contributed by atoms with Crippen LogP contribution in [0.25, 0.3) is 0 Å². The van der Waals surface area contributed by atoms with Crippen LogP contribution >= 0.6 is 0 Å². The van der Waals surface area contributed by atoms with Crippen molar-refractivity contribution in [1.29, 1.82) is 0 Å². The Balaban J connectivity index is 1.68. The summed E-state index contributed by atoms with van der Waals surface area (Å²) < 4.78 is 25.2. The highest BCUT2D eigenvalue weighted by Crippen LogP contribution is 2.18. The van der Waals surface area contributed by atoms with E-state index in [1.54, 1.807) is 42.5 Å². The molecule has 7 nitrogen and oxygen atoms in total. The SMILES string of the molecule is CS(=O)(=O)Nc1cccc(C(=O)Nc2ccccc2C(=O)NCCc2ccccc2)c1. The fourth-order valence-electron chi connectivity index (χ4n) is 2.98. The maximum absolute atomic E-state index is 12.7. The molecule has 0 bridgehead atoms. The highest BCUT2D eigenvalue weighted by Gasteiger charge is 2.14. The van der Waals surface area contributed by atoms with Gasteiger partial charge in [0.15, 0.2) is 0 Å². The van der Waals surface area contributed by atoms with E-state index in [4.69, 9.17) is 0 Å². The molecular weight excluding hydrogens is 414 g/mol. The molecule has 0 aliphatic rings. The first-order chi connectivity index (χ1) is 14.8. The second-order valence-corrected chi connectivity index (χ2v) is 8.69. The van der Waals surface area contributed by atoms with Gasteiger partial charge < -0.3 is 10.6 Å². The lowest BCUT2D eigenvalue weighted by molar-refractivity contribution is 0.0955. The monoisotopic (exact) mass is 437 g/mol. The van der Waals surface area contributed by atoms with Crippen LogP contribution in [0.2, 0.25) is 0 Å². The summed E-state index contributed by atoms with van der Waals surface area (Å²) >= 11 is 0. The first-order valence-electron chi connectivity index (χ1n) is 9.62. The van der Waals surface area contributed by atoms with Crippen LogP contribution in [0.15, 0.2) is 78.9 Å². The van der Waals surface area contributed by atoms with E-state index in [2.05, 4.69) is 15.4 Å². The summed E-state index contributed by atoms with van der Waals surface area (Å²) in [5.41, 5.74) is 2.36. The van der Waals surface area contributed by atoms with Crippen LogP contribution in [0, 0.1) is 0 Å². The Bertz CT molecular complexity index is 1180. The van der Waals surface area contributed by atoms with Crippen molar-refractivity contribution in [3.63, 3.8) is 0 Å². The second kappa shape index (κ2) is 9.90. The number of anilines is 2. The molecule has 0 spiro atoms. The summed E-state index contributed by atoms with van der Waals surface area (Å²) in [6.45, 7) is 0.463. The lowest BCUT2D eigenvalue weighted by Gasteiger charge is -2.12. The number of carbonyl (C=O) groups excluding carboxylic acids is 2. The van der Waals surface area contributed by atoms with E-state index in [9.17, 15) is 18.0 Å². The number of nitrogens with one attached hydrogen (secondary N) is 3. The molecule has 3 aromatic rings. The normalized spacial score (nSPS) is 10.9. The van der Waals surface area contributed by atoms with Crippen LogP contribution in [-0.4, -0.2) is 33.0 Å². The molecular formula is C23H23N3O4S. The fraction of sp³-hybridized carbons (Fsp3) is 0.130. The van der Waals surface area contributed by atoms with Gasteiger partial charge in [-0.15, -0.1) is 0 Å². The molecule has 0 fully saturated rings. The van der Waals surface area contributed by atoms with E-state index >= 15 is 0 Å². The Morgan fingerprint density at radius 2 is 1.55 bits per heavy atom. The van der Waals surface area contributed by atoms with Gasteiger partial charge in [0.2, 0.25) is 10.0 Å². The van der Waals surface area contributed by atoms with Gasteiger partial charge in [-0.05, 0) is 42.3 Å². The molecule has 0 unspecified atom stereocenters. The van der Waals surface area contributed by atoms with Gasteiger partial charge in [0, 0.05) is 17.8 Å². The zero-order valence-corrected chi connectivity index (χ0v) is 17.8. The van der Waals surface area contributed by atoms with E-state index in [1.807, 2.05) is 30.3 Å². The van der Waals surface area contributed by atoms with E-state index in [0.717, 1.165) is 11.8 Å². The maximum Gasteiger partial charge on any atom is 0.255 e. The zero-order valence-electron chi connectivity index (χ0n) is 17.0. The zero-order chi connectivity index (χ0) is 22.3. The molecule has 0 atom stereocenters. The molecule has 0 aromatic heterocycles. The van der Waals surface area contributed by atoms with E-state index in [1.165, 1.54) is 6.07 Å². The fourth-order valence-corrected chi connectivity index (χ4v) is 3.54. The minimum atomic E-state index is -3.46. The number of carbonyl (C=O) groups is 2. The Hall–Kier alpha value is -3.65. The van der Waals surface area contributed by atoms with Gasteiger partial charge in [-0.1, -0.05) is 48.5 Å². The number of para-hydroxylation sites is 1. The molecule has 0 saturated heterocycles. The minimum Gasteiger partial charge on any atom is -0.352 e. The molecule has 160 valence electrons. The van der Waals surface area contributed by atoms with Crippen molar-refractivity contribution >= 4 is 33.2 Å². The molecule has 2 amide bonds. The minimum absolute atomic E-state index is 0.257. The number of hydrogen-bond acceptors (Lipinski definition) is 4. The Labute approximate surface area is 181 Å². The van der Waals surface area contributed by atoms with Gasteiger partial charge in [-0.3, -0.25) is 14.3 Å². The van der Waals surface area contributed by atoms with Crippen molar-refractivity contribution in [2.24, 2.45) is 0 Å². The molecule has 0 saturated carbocycles. The van der Waals surface area contributed by atoms with Crippen LogP contribution < -0.4 is 15.4 Å². The molecule has 3 aromatic carbocycles. The molecule has 0 aliphatic carbocycles. The number of sulfonamides is 1. The van der Waals surface area contributed by atoms with E-state index < -0.39 is 15.9 Å². The Kier molecular flexibility index (Phi) is 7.04. The molecule has 3 rings (SSSR count). The summed E-state index contributed by atoms with van der Waals surface area (Å²) in [4.78, 5) is 25.3. The molecule has 0 heterocycles. The van der Waals surface area contributed by atoms with Crippen molar-refractivity contribution in [2.45, 2.75) is 6.42 Å². The Morgan fingerprint density at radius 1 is 0.839 bits per heavy atom. The predicted octanol–water partition coefficient (Wildman–Crippen LogP) is 3.28. The second-order valence-electron chi connectivity index (χ2n) is 6.95. The number of benzene rings is 3. The van der Waals surface area contributed by atoms with Gasteiger partial charge >= 0.3 is 0 Å². The van der Waals surface area contributed by atoms with Crippen LogP contribution in [0.4, 0.5) is 11.4 Å². The van der Waals surface area contributed by atoms with Gasteiger partial charge in [0.25, 0.3) is 11.8 Å². The van der Waals surface area contributed by atoms with E-state index in [0.29, 0.717) is 24.2 Å². The van der Waals surface area contributed by atoms with Crippen LogP contribution in [0.1, 0.15) is 26.3 Å². The van der Waals surface area contributed by atoms with Gasteiger partial charge in [-0.2, -0.15) is 0 Å². The quantitative estimate of drug-likeness (QED) is 0.503. The first kappa shape index (κ1) is 22.0. The predicted molar refractivity (Wildman–Crippen MR) is 122 cm³/mol. The molecule has 3 N–H and O–H groups in total. The summed E-state index contributed by atoms with van der Waals surface area (Å²) in [5.74, 6) is -0.749. The summed E-state index contributed by atoms with van der Waals surface area (Å²) in [7, 11) is -3.46. The smallest absolute Gasteiger partial charge is 0.255 e. The van der Waals surface area contributed by atoms with Gasteiger partial charge in [0.1, 0.15) is 0 Å². The summed E-state index contributed by atoms with van der Waals surface area (Å²) in [6.07, 6.45) is 1.73. The largest absolute Gasteiger partial charge is 0.352 e. The number of amides is 2. The average molecular weight is 438 g/mol. The van der Waals surface area contributed by atoms with Crippen LogP contribution in [0.3, 0.4) is 0 Å². The number of hydrogen-bond donors (Lipinski definition) is 3. The van der Waals surface area contributed by atoms with Crippen molar-refractivity contribution in [3.8, 4) is 0 Å². The standard InChI is InChI=1S/C23H23N3O4S/c1-31(29,30)26-19-11-7-10-18(16-19)22(27)25-21-13-6-5-12-20(21)23(28)24-15-14-17-8-3-2-4-9-17/h2-13,16,26H,14-15H2,1H3,(H,24,28)(H,25,27). The van der Waals surface area contributed by atoms with Gasteiger partial charge in [-0.25, -0.2) is 8.42 Å². The third kappa shape index (κ3) is 6.68. The number of rotatable bonds is 8. The highest BCUT2D eigenvalue weighted by atomic mass is 32.2. The van der Waals surface area contributed by atoms with Gasteiger partial charge in [0.05, 0.1) is 17.5 Å². The third-order valence-corrected chi connectivity index (χ3v) is 5.00. The van der Waals surface area contributed by atoms with Crippen molar-refractivity contribution in [2.75, 3.05) is 22.8 Å². The maximum atomic E-state index is 12.7. The molecule has 0 radical (unpaired) electrons. The summed E-state index contributed by atoms with van der Waals surface area (Å²) in [5, 5.41) is 5.60. The molecule has 31 heavy (non-hydrogen) atoms. The molecule has 8 heteroatoms.